The molecule has 2 rings (SSSR count). The van der Waals surface area contributed by atoms with E-state index in [0.717, 1.165) is 15.6 Å². The van der Waals surface area contributed by atoms with Crippen LogP contribution in [0.3, 0.4) is 0 Å². The van der Waals surface area contributed by atoms with Crippen molar-refractivity contribution < 1.29 is 9.90 Å². The molecule has 3 nitrogen and oxygen atoms in total. The van der Waals surface area contributed by atoms with Crippen molar-refractivity contribution in [1.82, 2.24) is 0 Å². The first kappa shape index (κ1) is 13.6. The van der Waals surface area contributed by atoms with Gasteiger partial charge in [-0.1, -0.05) is 12.1 Å². The molecule has 0 atom stereocenters. The number of hydrogen-bond donors (Lipinski definition) is 2. The number of carbonyl (C=O) groups excluding carboxylic acids is 1. The Hall–Kier alpha value is -1.81. The van der Waals surface area contributed by atoms with E-state index in [1.807, 2.05) is 25.1 Å². The minimum atomic E-state index is -0.171. The number of carbonyl (C=O) groups is 1. The first-order valence-corrected chi connectivity index (χ1v) is 6.64. The lowest BCUT2D eigenvalue weighted by Crippen LogP contribution is -2.14. The summed E-state index contributed by atoms with van der Waals surface area (Å²) in [5.74, 6) is 0.0464. The highest BCUT2D eigenvalue weighted by Crippen LogP contribution is 2.24. The molecule has 0 saturated carbocycles. The Labute approximate surface area is 120 Å². The third-order valence-corrected chi connectivity index (χ3v) is 3.56. The molecule has 0 radical (unpaired) electrons. The fraction of sp³-hybridized carbons (Fsp3) is 0.133. The number of nitrogens with one attached hydrogen (secondary N) is 1. The van der Waals surface area contributed by atoms with Crippen LogP contribution >= 0.6 is 15.9 Å². The Balaban J connectivity index is 2.28. The smallest absolute Gasteiger partial charge is 0.257 e. The van der Waals surface area contributed by atoms with Gasteiger partial charge in [0.25, 0.3) is 5.91 Å². The highest BCUT2D eigenvalue weighted by Gasteiger charge is 2.13. The molecule has 19 heavy (non-hydrogen) atoms. The number of aryl methyl sites for hydroxylation is 2. The van der Waals surface area contributed by atoms with E-state index in [1.54, 1.807) is 25.1 Å². The Morgan fingerprint density at radius 2 is 1.89 bits per heavy atom. The summed E-state index contributed by atoms with van der Waals surface area (Å²) in [4.78, 5) is 12.2. The molecule has 0 unspecified atom stereocenters. The van der Waals surface area contributed by atoms with E-state index in [0.29, 0.717) is 11.3 Å². The van der Waals surface area contributed by atoms with Crippen LogP contribution in [0.15, 0.2) is 40.9 Å². The van der Waals surface area contributed by atoms with Gasteiger partial charge in [-0.15, -0.1) is 0 Å². The molecule has 98 valence electrons. The van der Waals surface area contributed by atoms with E-state index in [2.05, 4.69) is 21.2 Å². The van der Waals surface area contributed by atoms with Crippen molar-refractivity contribution >= 4 is 27.5 Å². The zero-order valence-electron chi connectivity index (χ0n) is 10.7. The van der Waals surface area contributed by atoms with Crippen molar-refractivity contribution in [1.29, 1.82) is 0 Å². The van der Waals surface area contributed by atoms with Crippen LogP contribution < -0.4 is 5.32 Å². The molecule has 2 aromatic rings. The minimum absolute atomic E-state index is 0.171. The Kier molecular flexibility index (Phi) is 3.90. The van der Waals surface area contributed by atoms with Gasteiger partial charge in [-0.25, -0.2) is 0 Å². The third-order valence-electron chi connectivity index (χ3n) is 2.90. The van der Waals surface area contributed by atoms with Crippen LogP contribution in [-0.4, -0.2) is 11.0 Å². The summed E-state index contributed by atoms with van der Waals surface area (Å²) >= 11 is 3.39. The number of halogens is 1. The summed E-state index contributed by atoms with van der Waals surface area (Å²) in [6.07, 6.45) is 0. The quantitative estimate of drug-likeness (QED) is 0.821. The van der Waals surface area contributed by atoms with Gasteiger partial charge in [-0.05, 0) is 65.2 Å². The number of benzene rings is 2. The van der Waals surface area contributed by atoms with E-state index in [4.69, 9.17) is 0 Å². The van der Waals surface area contributed by atoms with Crippen molar-refractivity contribution in [3.05, 3.63) is 57.6 Å². The second-order valence-corrected chi connectivity index (χ2v) is 5.24. The monoisotopic (exact) mass is 319 g/mol. The van der Waals surface area contributed by atoms with E-state index < -0.39 is 0 Å². The standard InChI is InChI=1S/C15H14BrNO2/c1-9-4-3-5-12(16)14(9)15(19)17-11-6-7-13(18)10(2)8-11/h3-8,18H,1-2H3,(H,17,19). The van der Waals surface area contributed by atoms with Crippen molar-refractivity contribution in [3.8, 4) is 5.75 Å². The Morgan fingerprint density at radius 1 is 1.16 bits per heavy atom. The van der Waals surface area contributed by atoms with Crippen LogP contribution in [-0.2, 0) is 0 Å². The van der Waals surface area contributed by atoms with Gasteiger partial charge in [0.1, 0.15) is 5.75 Å². The summed E-state index contributed by atoms with van der Waals surface area (Å²) in [6, 6.07) is 10.6. The first-order valence-electron chi connectivity index (χ1n) is 5.85. The van der Waals surface area contributed by atoms with Gasteiger partial charge < -0.3 is 10.4 Å². The highest BCUT2D eigenvalue weighted by molar-refractivity contribution is 9.10. The molecule has 0 bridgehead atoms. The number of phenolic OH excluding ortho intramolecular Hbond substituents is 1. The molecule has 0 spiro atoms. The van der Waals surface area contributed by atoms with Crippen molar-refractivity contribution in [2.24, 2.45) is 0 Å². The maximum absolute atomic E-state index is 12.2. The summed E-state index contributed by atoms with van der Waals surface area (Å²) < 4.78 is 0.764. The van der Waals surface area contributed by atoms with E-state index in [1.165, 1.54) is 0 Å². The summed E-state index contributed by atoms with van der Waals surface area (Å²) in [5.41, 5.74) is 2.91. The molecule has 0 aliphatic heterocycles. The van der Waals surface area contributed by atoms with Gasteiger partial charge in [0, 0.05) is 10.2 Å². The molecule has 2 aromatic carbocycles. The molecule has 0 heterocycles. The number of amides is 1. The van der Waals surface area contributed by atoms with Crippen LogP contribution in [0.25, 0.3) is 0 Å². The van der Waals surface area contributed by atoms with Crippen LogP contribution in [0.2, 0.25) is 0 Å². The van der Waals surface area contributed by atoms with Crippen molar-refractivity contribution in [3.63, 3.8) is 0 Å². The lowest BCUT2D eigenvalue weighted by atomic mass is 10.1. The number of anilines is 1. The van der Waals surface area contributed by atoms with Gasteiger partial charge in [0.2, 0.25) is 0 Å². The van der Waals surface area contributed by atoms with Gasteiger partial charge in [0.15, 0.2) is 0 Å². The third kappa shape index (κ3) is 2.96. The topological polar surface area (TPSA) is 49.3 Å². The molecule has 0 saturated heterocycles. The van der Waals surface area contributed by atoms with Crippen LogP contribution in [0.5, 0.6) is 5.75 Å². The Bertz CT molecular complexity index is 618. The molecule has 0 fully saturated rings. The lowest BCUT2D eigenvalue weighted by Gasteiger charge is -2.10. The lowest BCUT2D eigenvalue weighted by molar-refractivity contribution is 0.102. The number of rotatable bonds is 2. The second-order valence-electron chi connectivity index (χ2n) is 4.39. The van der Waals surface area contributed by atoms with Crippen molar-refractivity contribution in [2.45, 2.75) is 13.8 Å². The number of aromatic hydroxyl groups is 1. The van der Waals surface area contributed by atoms with Gasteiger partial charge in [-0.3, -0.25) is 4.79 Å². The fourth-order valence-corrected chi connectivity index (χ4v) is 2.49. The Morgan fingerprint density at radius 3 is 2.53 bits per heavy atom. The summed E-state index contributed by atoms with van der Waals surface area (Å²) in [7, 11) is 0. The SMILES string of the molecule is Cc1cc(NC(=O)c2c(C)cccc2Br)ccc1O. The average Bonchev–Trinajstić information content (AvgIpc) is 2.33. The molecule has 4 heteroatoms. The van der Waals surface area contributed by atoms with Crippen LogP contribution in [0.4, 0.5) is 5.69 Å². The fourth-order valence-electron chi connectivity index (χ4n) is 1.85. The number of hydrogen-bond acceptors (Lipinski definition) is 2. The molecule has 1 amide bonds. The normalized spacial score (nSPS) is 10.3. The largest absolute Gasteiger partial charge is 0.508 e. The van der Waals surface area contributed by atoms with E-state index >= 15 is 0 Å². The molecule has 2 N–H and O–H groups in total. The molecular weight excluding hydrogens is 306 g/mol. The van der Waals surface area contributed by atoms with Crippen LogP contribution in [0, 0.1) is 13.8 Å². The van der Waals surface area contributed by atoms with Crippen LogP contribution in [0.1, 0.15) is 21.5 Å². The summed E-state index contributed by atoms with van der Waals surface area (Å²) in [6.45, 7) is 3.68. The van der Waals surface area contributed by atoms with Gasteiger partial charge in [-0.2, -0.15) is 0 Å². The predicted molar refractivity (Wildman–Crippen MR) is 79.7 cm³/mol. The maximum Gasteiger partial charge on any atom is 0.257 e. The van der Waals surface area contributed by atoms with E-state index in [-0.39, 0.29) is 11.7 Å². The average molecular weight is 320 g/mol. The minimum Gasteiger partial charge on any atom is -0.508 e. The first-order chi connectivity index (χ1) is 8.99. The van der Waals surface area contributed by atoms with Gasteiger partial charge >= 0.3 is 0 Å². The number of phenols is 1. The molecule has 0 aromatic heterocycles. The zero-order chi connectivity index (χ0) is 14.0. The molecular formula is C15H14BrNO2. The molecule has 0 aliphatic rings. The second kappa shape index (κ2) is 5.45. The van der Waals surface area contributed by atoms with Gasteiger partial charge in [0.05, 0.1) is 5.56 Å². The van der Waals surface area contributed by atoms with E-state index in [9.17, 15) is 9.90 Å². The predicted octanol–water partition coefficient (Wildman–Crippen LogP) is 4.02. The highest BCUT2D eigenvalue weighted by atomic mass is 79.9. The summed E-state index contributed by atoms with van der Waals surface area (Å²) in [5, 5.41) is 12.3. The maximum atomic E-state index is 12.2. The molecule has 0 aliphatic carbocycles. The zero-order valence-corrected chi connectivity index (χ0v) is 12.3. The van der Waals surface area contributed by atoms with Crippen molar-refractivity contribution in [2.75, 3.05) is 5.32 Å².